The highest BCUT2D eigenvalue weighted by atomic mass is 16.2. The molecule has 2 atom stereocenters. The molecule has 2 fully saturated rings. The number of nitrogens with zero attached hydrogens (tertiary/aromatic N) is 4. The molecular formula is C16H24N4O. The van der Waals surface area contributed by atoms with E-state index in [0.29, 0.717) is 30.1 Å². The van der Waals surface area contributed by atoms with Gasteiger partial charge in [0.2, 0.25) is 11.9 Å². The molecule has 5 nitrogen and oxygen atoms in total. The van der Waals surface area contributed by atoms with Crippen LogP contribution in [-0.2, 0) is 4.79 Å². The predicted molar refractivity (Wildman–Crippen MR) is 81.9 cm³/mol. The number of amides is 1. The normalized spacial score (nSPS) is 25.3. The third-order valence-electron chi connectivity index (χ3n) is 4.57. The Morgan fingerprint density at radius 1 is 1.24 bits per heavy atom. The highest BCUT2D eigenvalue weighted by Gasteiger charge is 2.39. The number of anilines is 1. The van der Waals surface area contributed by atoms with E-state index in [1.165, 1.54) is 0 Å². The zero-order valence-electron chi connectivity index (χ0n) is 12.9. The Bertz CT molecular complexity index is 490. The van der Waals surface area contributed by atoms with Crippen LogP contribution in [0.2, 0.25) is 0 Å². The lowest BCUT2D eigenvalue weighted by Gasteiger charge is -2.34. The number of carbonyl (C=O) groups is 1. The van der Waals surface area contributed by atoms with E-state index in [0.717, 1.165) is 38.5 Å². The van der Waals surface area contributed by atoms with Gasteiger partial charge in [0, 0.05) is 45.0 Å². The molecule has 0 aliphatic carbocycles. The Hall–Kier alpha value is -1.65. The molecule has 2 aliphatic heterocycles. The molecule has 1 amide bonds. The number of aromatic nitrogens is 2. The molecule has 0 aromatic carbocycles. The summed E-state index contributed by atoms with van der Waals surface area (Å²) in [6.45, 7) is 8.03. The molecule has 0 spiro atoms. The van der Waals surface area contributed by atoms with Crippen molar-refractivity contribution in [2.75, 3.05) is 31.1 Å². The summed E-state index contributed by atoms with van der Waals surface area (Å²) in [6, 6.07) is 1.85. The van der Waals surface area contributed by atoms with Crippen molar-refractivity contribution in [1.29, 1.82) is 0 Å². The Morgan fingerprint density at radius 2 is 1.95 bits per heavy atom. The monoisotopic (exact) mass is 288 g/mol. The van der Waals surface area contributed by atoms with Crippen LogP contribution in [-0.4, -0.2) is 47.0 Å². The molecule has 21 heavy (non-hydrogen) atoms. The van der Waals surface area contributed by atoms with Gasteiger partial charge in [-0.05, 0) is 30.2 Å². The fourth-order valence-corrected chi connectivity index (χ4v) is 3.49. The lowest BCUT2D eigenvalue weighted by Crippen LogP contribution is -2.40. The van der Waals surface area contributed by atoms with Gasteiger partial charge in [0.1, 0.15) is 0 Å². The summed E-state index contributed by atoms with van der Waals surface area (Å²) in [5, 5.41) is 0. The number of likely N-dealkylation sites (tertiary alicyclic amines) is 1. The van der Waals surface area contributed by atoms with Gasteiger partial charge in [0.15, 0.2) is 0 Å². The van der Waals surface area contributed by atoms with Crippen LogP contribution in [0.5, 0.6) is 0 Å². The van der Waals surface area contributed by atoms with E-state index in [1.54, 1.807) is 12.4 Å². The van der Waals surface area contributed by atoms with Crippen LogP contribution in [0, 0.1) is 17.8 Å². The summed E-state index contributed by atoms with van der Waals surface area (Å²) in [6.07, 6.45) is 5.39. The van der Waals surface area contributed by atoms with E-state index < -0.39 is 0 Å². The molecule has 0 unspecified atom stereocenters. The lowest BCUT2D eigenvalue weighted by molar-refractivity contribution is -0.131. The van der Waals surface area contributed by atoms with E-state index in [2.05, 4.69) is 33.6 Å². The minimum absolute atomic E-state index is 0.321. The highest BCUT2D eigenvalue weighted by Crippen LogP contribution is 2.32. The highest BCUT2D eigenvalue weighted by molar-refractivity contribution is 5.76. The molecule has 114 valence electrons. The fraction of sp³-hybridized carbons (Fsp3) is 0.688. The molecule has 0 radical (unpaired) electrons. The van der Waals surface area contributed by atoms with Crippen LogP contribution in [0.25, 0.3) is 0 Å². The minimum Gasteiger partial charge on any atom is -0.342 e. The second-order valence-electron chi connectivity index (χ2n) is 6.70. The first-order valence-corrected chi connectivity index (χ1v) is 7.93. The Morgan fingerprint density at radius 3 is 2.67 bits per heavy atom. The van der Waals surface area contributed by atoms with Crippen molar-refractivity contribution in [3.05, 3.63) is 18.5 Å². The van der Waals surface area contributed by atoms with Crippen LogP contribution >= 0.6 is 0 Å². The lowest BCUT2D eigenvalue weighted by atomic mass is 9.89. The Kier molecular flexibility index (Phi) is 4.08. The summed E-state index contributed by atoms with van der Waals surface area (Å²) < 4.78 is 0. The smallest absolute Gasteiger partial charge is 0.225 e. The first kappa shape index (κ1) is 14.3. The second kappa shape index (κ2) is 6.00. The van der Waals surface area contributed by atoms with E-state index in [1.807, 2.05) is 6.07 Å². The molecule has 1 aromatic heterocycles. The number of carbonyl (C=O) groups excluding carboxylic acids is 1. The van der Waals surface area contributed by atoms with Gasteiger partial charge in [0.05, 0.1) is 0 Å². The standard InChI is InChI=1S/C16H24N4O/c1-12(2)8-15(21)20-9-13-4-7-19(10-14(13)11-20)16-17-5-3-6-18-16/h3,5-6,12-14H,4,7-11H2,1-2H3/t13-,14+/m0/s1. The maximum Gasteiger partial charge on any atom is 0.225 e. The topological polar surface area (TPSA) is 49.3 Å². The number of hydrogen-bond donors (Lipinski definition) is 0. The van der Waals surface area contributed by atoms with Gasteiger partial charge in [-0.1, -0.05) is 13.8 Å². The van der Waals surface area contributed by atoms with Crippen molar-refractivity contribution in [1.82, 2.24) is 14.9 Å². The van der Waals surface area contributed by atoms with E-state index in [4.69, 9.17) is 0 Å². The molecule has 3 rings (SSSR count). The summed E-state index contributed by atoms with van der Waals surface area (Å²) in [5.74, 6) is 2.80. The third kappa shape index (κ3) is 3.17. The summed E-state index contributed by atoms with van der Waals surface area (Å²) in [7, 11) is 0. The SMILES string of the molecule is CC(C)CC(=O)N1C[C@@H]2CCN(c3ncccn3)C[C@@H]2C1. The molecule has 0 bridgehead atoms. The largest absolute Gasteiger partial charge is 0.342 e. The summed E-state index contributed by atoms with van der Waals surface area (Å²) in [5.41, 5.74) is 0. The van der Waals surface area contributed by atoms with Crippen LogP contribution in [0.15, 0.2) is 18.5 Å². The fourth-order valence-electron chi connectivity index (χ4n) is 3.49. The Balaban J connectivity index is 1.61. The molecule has 1 aromatic rings. The molecule has 2 aliphatic rings. The first-order chi connectivity index (χ1) is 10.1. The van der Waals surface area contributed by atoms with Crippen molar-refractivity contribution in [3.8, 4) is 0 Å². The van der Waals surface area contributed by atoms with Gasteiger partial charge in [-0.3, -0.25) is 4.79 Å². The van der Waals surface area contributed by atoms with Crippen molar-refractivity contribution in [2.45, 2.75) is 26.7 Å². The van der Waals surface area contributed by atoms with E-state index in [-0.39, 0.29) is 0 Å². The quantitative estimate of drug-likeness (QED) is 0.851. The van der Waals surface area contributed by atoms with Crippen molar-refractivity contribution >= 4 is 11.9 Å². The minimum atomic E-state index is 0.321. The molecule has 2 saturated heterocycles. The summed E-state index contributed by atoms with van der Waals surface area (Å²) >= 11 is 0. The number of rotatable bonds is 3. The third-order valence-corrected chi connectivity index (χ3v) is 4.57. The zero-order chi connectivity index (χ0) is 14.8. The van der Waals surface area contributed by atoms with E-state index in [9.17, 15) is 4.79 Å². The average molecular weight is 288 g/mol. The number of fused-ring (bicyclic) bond motifs is 1. The van der Waals surface area contributed by atoms with Gasteiger partial charge in [0.25, 0.3) is 0 Å². The molecule has 5 heteroatoms. The predicted octanol–water partition coefficient (Wildman–Crippen LogP) is 1.81. The van der Waals surface area contributed by atoms with Crippen LogP contribution in [0.1, 0.15) is 26.7 Å². The molecule has 0 saturated carbocycles. The van der Waals surface area contributed by atoms with Crippen molar-refractivity contribution < 1.29 is 4.79 Å². The molecular weight excluding hydrogens is 264 g/mol. The van der Waals surface area contributed by atoms with Crippen molar-refractivity contribution in [2.24, 2.45) is 17.8 Å². The van der Waals surface area contributed by atoms with Crippen LogP contribution in [0.4, 0.5) is 5.95 Å². The number of piperidine rings is 1. The molecule has 0 N–H and O–H groups in total. The maximum absolute atomic E-state index is 12.2. The second-order valence-corrected chi connectivity index (χ2v) is 6.70. The van der Waals surface area contributed by atoms with E-state index >= 15 is 0 Å². The van der Waals surface area contributed by atoms with Crippen LogP contribution in [0.3, 0.4) is 0 Å². The van der Waals surface area contributed by atoms with Gasteiger partial charge in [-0.2, -0.15) is 0 Å². The zero-order valence-corrected chi connectivity index (χ0v) is 12.9. The van der Waals surface area contributed by atoms with Crippen LogP contribution < -0.4 is 4.90 Å². The first-order valence-electron chi connectivity index (χ1n) is 7.93. The average Bonchev–Trinajstić information content (AvgIpc) is 2.90. The van der Waals surface area contributed by atoms with Gasteiger partial charge >= 0.3 is 0 Å². The van der Waals surface area contributed by atoms with Gasteiger partial charge in [-0.25, -0.2) is 9.97 Å². The Labute approximate surface area is 126 Å². The number of hydrogen-bond acceptors (Lipinski definition) is 4. The molecule has 3 heterocycles. The van der Waals surface area contributed by atoms with Gasteiger partial charge < -0.3 is 9.80 Å². The van der Waals surface area contributed by atoms with Crippen molar-refractivity contribution in [3.63, 3.8) is 0 Å². The maximum atomic E-state index is 12.2. The van der Waals surface area contributed by atoms with Gasteiger partial charge in [-0.15, -0.1) is 0 Å². The summed E-state index contributed by atoms with van der Waals surface area (Å²) in [4.78, 5) is 25.3.